The number of nitrogens with zero attached hydrogens (tertiary/aromatic N) is 4. The van der Waals surface area contributed by atoms with Crippen LogP contribution in [0.15, 0.2) is 31.1 Å². The van der Waals surface area contributed by atoms with E-state index in [1.54, 1.807) is 12.5 Å². The molecule has 84 valence electrons. The van der Waals surface area contributed by atoms with Crippen LogP contribution < -0.4 is 5.32 Å². The minimum atomic E-state index is 0.295. The Bertz CT molecular complexity index is 437. The van der Waals surface area contributed by atoms with Gasteiger partial charge in [-0.2, -0.15) is 0 Å². The quantitative estimate of drug-likeness (QED) is 0.842. The van der Waals surface area contributed by atoms with Crippen molar-refractivity contribution in [3.05, 3.63) is 36.8 Å². The van der Waals surface area contributed by atoms with Crippen LogP contribution in [0.4, 0.5) is 5.82 Å². The molecule has 0 bridgehead atoms. The van der Waals surface area contributed by atoms with Gasteiger partial charge in [0.25, 0.3) is 0 Å². The Morgan fingerprint density at radius 3 is 3.00 bits per heavy atom. The normalized spacial score (nSPS) is 12.4. The maximum absolute atomic E-state index is 4.16. The lowest BCUT2D eigenvalue weighted by Gasteiger charge is -2.14. The summed E-state index contributed by atoms with van der Waals surface area (Å²) in [6.45, 7) is 4.92. The maximum atomic E-state index is 4.16. The standard InChI is InChI=1S/C11H15N5/c1-9-5-11(14-7-13-9)15-10(2)6-16-4-3-12-8-16/h3-5,7-8,10H,6H2,1-2H3,(H,13,14,15). The van der Waals surface area contributed by atoms with Crippen molar-refractivity contribution in [3.8, 4) is 0 Å². The number of anilines is 1. The zero-order valence-corrected chi connectivity index (χ0v) is 9.46. The van der Waals surface area contributed by atoms with E-state index in [9.17, 15) is 0 Å². The van der Waals surface area contributed by atoms with Crippen LogP contribution in [-0.2, 0) is 6.54 Å². The summed E-state index contributed by atoms with van der Waals surface area (Å²) in [4.78, 5) is 12.2. The van der Waals surface area contributed by atoms with E-state index in [2.05, 4.69) is 27.2 Å². The van der Waals surface area contributed by atoms with Crippen molar-refractivity contribution in [2.24, 2.45) is 0 Å². The van der Waals surface area contributed by atoms with E-state index < -0.39 is 0 Å². The van der Waals surface area contributed by atoms with Crippen LogP contribution >= 0.6 is 0 Å². The third kappa shape index (κ3) is 2.79. The zero-order valence-electron chi connectivity index (χ0n) is 9.46. The zero-order chi connectivity index (χ0) is 11.4. The summed E-state index contributed by atoms with van der Waals surface area (Å²) in [7, 11) is 0. The number of hydrogen-bond acceptors (Lipinski definition) is 4. The van der Waals surface area contributed by atoms with Crippen molar-refractivity contribution in [1.82, 2.24) is 19.5 Å². The second-order valence-corrected chi connectivity index (χ2v) is 3.85. The molecular weight excluding hydrogens is 202 g/mol. The van der Waals surface area contributed by atoms with Gasteiger partial charge in [-0.05, 0) is 13.8 Å². The first-order valence-electron chi connectivity index (χ1n) is 5.25. The van der Waals surface area contributed by atoms with Crippen molar-refractivity contribution in [2.75, 3.05) is 5.32 Å². The predicted molar refractivity (Wildman–Crippen MR) is 62.1 cm³/mol. The van der Waals surface area contributed by atoms with Crippen LogP contribution in [0, 0.1) is 6.92 Å². The predicted octanol–water partition coefficient (Wildman–Crippen LogP) is 1.48. The second-order valence-electron chi connectivity index (χ2n) is 3.85. The summed E-state index contributed by atoms with van der Waals surface area (Å²) in [5.74, 6) is 0.861. The molecule has 0 spiro atoms. The van der Waals surface area contributed by atoms with Crippen LogP contribution in [-0.4, -0.2) is 25.6 Å². The number of aromatic nitrogens is 4. The first-order valence-corrected chi connectivity index (χ1v) is 5.25. The summed E-state index contributed by atoms with van der Waals surface area (Å²) in [5, 5.41) is 3.32. The van der Waals surface area contributed by atoms with Gasteiger partial charge >= 0.3 is 0 Å². The van der Waals surface area contributed by atoms with Crippen molar-refractivity contribution >= 4 is 5.82 Å². The van der Waals surface area contributed by atoms with Crippen molar-refractivity contribution in [1.29, 1.82) is 0 Å². The Hall–Kier alpha value is -1.91. The summed E-state index contributed by atoms with van der Waals surface area (Å²) in [6.07, 6.45) is 7.11. The Balaban J connectivity index is 1.94. The number of imidazole rings is 1. The molecule has 0 saturated carbocycles. The molecule has 2 heterocycles. The van der Waals surface area contributed by atoms with E-state index in [1.807, 2.05) is 30.1 Å². The second kappa shape index (κ2) is 4.74. The summed E-state index contributed by atoms with van der Waals surface area (Å²) < 4.78 is 2.03. The molecule has 2 aromatic rings. The Labute approximate surface area is 94.6 Å². The highest BCUT2D eigenvalue weighted by atomic mass is 15.1. The summed E-state index contributed by atoms with van der Waals surface area (Å²) in [6, 6.07) is 2.23. The number of hydrogen-bond donors (Lipinski definition) is 1. The number of rotatable bonds is 4. The van der Waals surface area contributed by atoms with Crippen LogP contribution in [0.2, 0.25) is 0 Å². The van der Waals surface area contributed by atoms with Crippen molar-refractivity contribution in [2.45, 2.75) is 26.4 Å². The maximum Gasteiger partial charge on any atom is 0.129 e. The van der Waals surface area contributed by atoms with Gasteiger partial charge in [-0.1, -0.05) is 0 Å². The highest BCUT2D eigenvalue weighted by molar-refractivity contribution is 5.35. The molecule has 0 radical (unpaired) electrons. The molecule has 2 rings (SSSR count). The summed E-state index contributed by atoms with van der Waals surface area (Å²) >= 11 is 0. The van der Waals surface area contributed by atoms with Gasteiger partial charge in [0.1, 0.15) is 12.1 Å². The van der Waals surface area contributed by atoms with Crippen LogP contribution in [0.3, 0.4) is 0 Å². The van der Waals surface area contributed by atoms with Gasteiger partial charge in [0.15, 0.2) is 0 Å². The molecule has 0 amide bonds. The van der Waals surface area contributed by atoms with E-state index in [0.717, 1.165) is 18.1 Å². The number of nitrogens with one attached hydrogen (secondary N) is 1. The van der Waals surface area contributed by atoms with Gasteiger partial charge in [0.2, 0.25) is 0 Å². The molecule has 0 aliphatic heterocycles. The average Bonchev–Trinajstić information content (AvgIpc) is 2.70. The topological polar surface area (TPSA) is 55.6 Å². The fourth-order valence-electron chi connectivity index (χ4n) is 1.54. The molecule has 16 heavy (non-hydrogen) atoms. The Morgan fingerprint density at radius 1 is 1.44 bits per heavy atom. The average molecular weight is 217 g/mol. The molecule has 0 aliphatic rings. The summed E-state index contributed by atoms with van der Waals surface area (Å²) in [5.41, 5.74) is 0.965. The van der Waals surface area contributed by atoms with E-state index in [-0.39, 0.29) is 0 Å². The molecule has 1 unspecified atom stereocenters. The number of aryl methyl sites for hydroxylation is 1. The van der Waals surface area contributed by atoms with Gasteiger partial charge in [0.05, 0.1) is 6.33 Å². The third-order valence-electron chi connectivity index (χ3n) is 2.24. The van der Waals surface area contributed by atoms with Gasteiger partial charge in [-0.3, -0.25) is 0 Å². The molecule has 0 aliphatic carbocycles. The highest BCUT2D eigenvalue weighted by Gasteiger charge is 2.03. The molecule has 0 fully saturated rings. The lowest BCUT2D eigenvalue weighted by Crippen LogP contribution is -2.21. The van der Waals surface area contributed by atoms with E-state index in [1.165, 1.54) is 0 Å². The third-order valence-corrected chi connectivity index (χ3v) is 2.24. The molecule has 1 atom stereocenters. The molecule has 1 N–H and O–H groups in total. The fourth-order valence-corrected chi connectivity index (χ4v) is 1.54. The van der Waals surface area contributed by atoms with E-state index in [4.69, 9.17) is 0 Å². The van der Waals surface area contributed by atoms with E-state index in [0.29, 0.717) is 6.04 Å². The molecule has 0 aromatic carbocycles. The molecule has 2 aromatic heterocycles. The van der Waals surface area contributed by atoms with Crippen LogP contribution in [0.25, 0.3) is 0 Å². The van der Waals surface area contributed by atoms with E-state index >= 15 is 0 Å². The fraction of sp³-hybridized carbons (Fsp3) is 0.364. The van der Waals surface area contributed by atoms with Gasteiger partial charge in [-0.15, -0.1) is 0 Å². The van der Waals surface area contributed by atoms with Gasteiger partial charge < -0.3 is 9.88 Å². The molecule has 5 heteroatoms. The SMILES string of the molecule is Cc1cc(NC(C)Cn2ccnc2)ncn1. The van der Waals surface area contributed by atoms with Crippen molar-refractivity contribution in [3.63, 3.8) is 0 Å². The monoisotopic (exact) mass is 217 g/mol. The highest BCUT2D eigenvalue weighted by Crippen LogP contribution is 2.05. The van der Waals surface area contributed by atoms with Gasteiger partial charge in [-0.25, -0.2) is 15.0 Å². The van der Waals surface area contributed by atoms with Crippen LogP contribution in [0.1, 0.15) is 12.6 Å². The lowest BCUT2D eigenvalue weighted by atomic mass is 10.3. The van der Waals surface area contributed by atoms with Crippen molar-refractivity contribution < 1.29 is 0 Å². The first-order chi connectivity index (χ1) is 7.74. The molecule has 5 nitrogen and oxygen atoms in total. The minimum absolute atomic E-state index is 0.295. The van der Waals surface area contributed by atoms with Gasteiger partial charge in [0, 0.05) is 36.7 Å². The smallest absolute Gasteiger partial charge is 0.129 e. The lowest BCUT2D eigenvalue weighted by molar-refractivity contribution is 0.617. The van der Waals surface area contributed by atoms with Crippen LogP contribution in [0.5, 0.6) is 0 Å². The largest absolute Gasteiger partial charge is 0.366 e. The Morgan fingerprint density at radius 2 is 2.31 bits per heavy atom. The Kier molecular flexibility index (Phi) is 3.14. The minimum Gasteiger partial charge on any atom is -0.366 e. The molecule has 0 saturated heterocycles. The first kappa shape index (κ1) is 10.6. The molecular formula is C11H15N5.